The first-order valence-corrected chi connectivity index (χ1v) is 6.97. The van der Waals surface area contributed by atoms with Crippen LogP contribution in [0.2, 0.25) is 0 Å². The van der Waals surface area contributed by atoms with E-state index in [1.54, 1.807) is 12.1 Å². The maximum Gasteiger partial charge on any atom is 0.328 e. The van der Waals surface area contributed by atoms with Crippen LogP contribution in [0.25, 0.3) is 6.08 Å². The minimum absolute atomic E-state index is 0.287. The number of carboxylic acids is 1. The number of benzene rings is 1. The van der Waals surface area contributed by atoms with E-state index in [4.69, 9.17) is 5.11 Å². The average molecular weight is 277 g/mol. The van der Waals surface area contributed by atoms with Crippen LogP contribution in [0.3, 0.4) is 0 Å². The lowest BCUT2D eigenvalue weighted by Crippen LogP contribution is -2.34. The second-order valence-corrected chi connectivity index (χ2v) is 5.50. The smallest absolute Gasteiger partial charge is 0.328 e. The molecule has 1 fully saturated rings. The first-order valence-electron chi connectivity index (χ1n) is 6.97. The summed E-state index contributed by atoms with van der Waals surface area (Å²) in [6, 6.07) is 5.11. The molecule has 1 unspecified atom stereocenters. The highest BCUT2D eigenvalue weighted by atomic mass is 19.1. The molecule has 108 valence electrons. The van der Waals surface area contributed by atoms with Gasteiger partial charge >= 0.3 is 5.97 Å². The standard InChI is InChI=1S/C16H20FNO2/c1-11(2)14-7-4-10-18(14)16-12(8-9-15(19)20)5-3-6-13(16)17/h3,5-6,8-9,11,14H,4,7,10H2,1-2H3,(H,19,20)/b9-8+. The van der Waals surface area contributed by atoms with E-state index in [9.17, 15) is 9.18 Å². The van der Waals surface area contributed by atoms with Crippen molar-refractivity contribution in [2.75, 3.05) is 11.4 Å². The van der Waals surface area contributed by atoms with Gasteiger partial charge in [0.2, 0.25) is 0 Å². The molecule has 1 aromatic rings. The molecular weight excluding hydrogens is 257 g/mol. The Labute approximate surface area is 118 Å². The molecule has 0 saturated carbocycles. The van der Waals surface area contributed by atoms with E-state index in [0.29, 0.717) is 23.2 Å². The van der Waals surface area contributed by atoms with Crippen molar-refractivity contribution in [3.8, 4) is 0 Å². The summed E-state index contributed by atoms with van der Waals surface area (Å²) in [5.74, 6) is -0.874. The normalized spacial score (nSPS) is 19.2. The molecule has 1 N–H and O–H groups in total. The largest absolute Gasteiger partial charge is 0.478 e. The van der Waals surface area contributed by atoms with Crippen molar-refractivity contribution in [3.63, 3.8) is 0 Å². The molecule has 2 rings (SSSR count). The Morgan fingerprint density at radius 3 is 2.90 bits per heavy atom. The number of hydrogen-bond donors (Lipinski definition) is 1. The lowest BCUT2D eigenvalue weighted by molar-refractivity contribution is -0.131. The third-order valence-electron chi connectivity index (χ3n) is 3.78. The highest BCUT2D eigenvalue weighted by Gasteiger charge is 2.30. The molecule has 4 heteroatoms. The third-order valence-corrected chi connectivity index (χ3v) is 3.78. The lowest BCUT2D eigenvalue weighted by atomic mass is 10.0. The van der Waals surface area contributed by atoms with Crippen molar-refractivity contribution in [2.45, 2.75) is 32.7 Å². The number of carbonyl (C=O) groups is 1. The maximum absolute atomic E-state index is 14.2. The predicted molar refractivity (Wildman–Crippen MR) is 78.3 cm³/mol. The molecular formula is C16H20FNO2. The molecule has 20 heavy (non-hydrogen) atoms. The Kier molecular flexibility index (Phi) is 4.42. The van der Waals surface area contributed by atoms with Gasteiger partial charge in [0.05, 0.1) is 5.69 Å². The zero-order chi connectivity index (χ0) is 14.7. The topological polar surface area (TPSA) is 40.5 Å². The van der Waals surface area contributed by atoms with E-state index in [-0.39, 0.29) is 5.82 Å². The fourth-order valence-electron chi connectivity index (χ4n) is 2.89. The molecule has 1 saturated heterocycles. The van der Waals surface area contributed by atoms with Crippen molar-refractivity contribution >= 4 is 17.7 Å². The van der Waals surface area contributed by atoms with E-state index in [1.807, 2.05) is 0 Å². The van der Waals surface area contributed by atoms with Crippen molar-refractivity contribution in [1.29, 1.82) is 0 Å². The minimum atomic E-state index is -1.03. The first-order chi connectivity index (χ1) is 9.50. The van der Waals surface area contributed by atoms with Gasteiger partial charge in [0.1, 0.15) is 5.82 Å². The maximum atomic E-state index is 14.2. The molecule has 0 aromatic heterocycles. The molecule has 0 amide bonds. The van der Waals surface area contributed by atoms with Gasteiger partial charge in [0.15, 0.2) is 0 Å². The summed E-state index contributed by atoms with van der Waals surface area (Å²) in [4.78, 5) is 12.8. The Balaban J connectivity index is 2.41. The molecule has 0 bridgehead atoms. The quantitative estimate of drug-likeness (QED) is 0.856. The molecule has 1 aliphatic rings. The molecule has 3 nitrogen and oxygen atoms in total. The van der Waals surface area contributed by atoms with Gasteiger partial charge in [-0.15, -0.1) is 0 Å². The van der Waals surface area contributed by atoms with Crippen molar-refractivity contribution in [2.24, 2.45) is 5.92 Å². The highest BCUT2D eigenvalue weighted by Crippen LogP contribution is 2.34. The summed E-state index contributed by atoms with van der Waals surface area (Å²) < 4.78 is 14.2. The Morgan fingerprint density at radius 1 is 1.50 bits per heavy atom. The van der Waals surface area contributed by atoms with Crippen LogP contribution >= 0.6 is 0 Å². The first kappa shape index (κ1) is 14.6. The summed E-state index contributed by atoms with van der Waals surface area (Å²) >= 11 is 0. The molecule has 0 spiro atoms. The number of carboxylic acid groups (broad SMARTS) is 1. The number of hydrogen-bond acceptors (Lipinski definition) is 2. The SMILES string of the molecule is CC(C)C1CCCN1c1c(F)cccc1/C=C/C(=O)O. The van der Waals surface area contributed by atoms with Gasteiger partial charge < -0.3 is 10.0 Å². The van der Waals surface area contributed by atoms with E-state index < -0.39 is 5.97 Å². The van der Waals surface area contributed by atoms with Gasteiger partial charge in [-0.25, -0.2) is 9.18 Å². The zero-order valence-electron chi connectivity index (χ0n) is 11.8. The summed E-state index contributed by atoms with van der Waals surface area (Å²) in [6.45, 7) is 5.09. The van der Waals surface area contributed by atoms with Crippen molar-refractivity contribution < 1.29 is 14.3 Å². The van der Waals surface area contributed by atoms with E-state index in [0.717, 1.165) is 25.5 Å². The van der Waals surface area contributed by atoms with Crippen LogP contribution in [-0.2, 0) is 4.79 Å². The van der Waals surface area contributed by atoms with E-state index >= 15 is 0 Å². The summed E-state index contributed by atoms with van der Waals surface area (Å²) in [6.07, 6.45) is 4.61. The Hall–Kier alpha value is -1.84. The van der Waals surface area contributed by atoms with Gasteiger partial charge in [-0.05, 0) is 30.9 Å². The second-order valence-electron chi connectivity index (χ2n) is 5.50. The fourth-order valence-corrected chi connectivity index (χ4v) is 2.89. The molecule has 0 radical (unpaired) electrons. The number of nitrogens with zero attached hydrogens (tertiary/aromatic N) is 1. The number of para-hydroxylation sites is 1. The fraction of sp³-hybridized carbons (Fsp3) is 0.438. The predicted octanol–water partition coefficient (Wildman–Crippen LogP) is 3.55. The van der Waals surface area contributed by atoms with Gasteiger partial charge in [0.25, 0.3) is 0 Å². The van der Waals surface area contributed by atoms with Crippen LogP contribution in [0.15, 0.2) is 24.3 Å². The third kappa shape index (κ3) is 3.00. The van der Waals surface area contributed by atoms with E-state index in [2.05, 4.69) is 18.7 Å². The lowest BCUT2D eigenvalue weighted by Gasteiger charge is -2.31. The van der Waals surface area contributed by atoms with Crippen molar-refractivity contribution in [3.05, 3.63) is 35.7 Å². The number of aliphatic carboxylic acids is 1. The summed E-state index contributed by atoms with van der Waals surface area (Å²) in [5, 5.41) is 8.75. The van der Waals surface area contributed by atoms with Crippen LogP contribution < -0.4 is 4.90 Å². The van der Waals surface area contributed by atoms with Gasteiger partial charge in [-0.2, -0.15) is 0 Å². The van der Waals surface area contributed by atoms with E-state index in [1.165, 1.54) is 12.1 Å². The molecule has 1 aromatic carbocycles. The van der Waals surface area contributed by atoms with Gasteiger partial charge in [-0.3, -0.25) is 0 Å². The van der Waals surface area contributed by atoms with Crippen LogP contribution in [0.4, 0.5) is 10.1 Å². The summed E-state index contributed by atoms with van der Waals surface area (Å²) in [5.41, 5.74) is 1.15. The van der Waals surface area contributed by atoms with Crippen LogP contribution in [0, 0.1) is 11.7 Å². The van der Waals surface area contributed by atoms with Crippen LogP contribution in [-0.4, -0.2) is 23.7 Å². The molecule has 1 aliphatic heterocycles. The van der Waals surface area contributed by atoms with Crippen LogP contribution in [0.5, 0.6) is 0 Å². The number of rotatable bonds is 4. The zero-order valence-corrected chi connectivity index (χ0v) is 11.8. The highest BCUT2D eigenvalue weighted by molar-refractivity contribution is 5.87. The monoisotopic (exact) mass is 277 g/mol. The van der Waals surface area contributed by atoms with Crippen LogP contribution in [0.1, 0.15) is 32.3 Å². The average Bonchev–Trinajstić information content (AvgIpc) is 2.85. The number of halogens is 1. The minimum Gasteiger partial charge on any atom is -0.478 e. The molecule has 1 heterocycles. The molecule has 1 atom stereocenters. The second kappa shape index (κ2) is 6.07. The molecule has 0 aliphatic carbocycles. The Bertz CT molecular complexity index is 525. The Morgan fingerprint density at radius 2 is 2.25 bits per heavy atom. The van der Waals surface area contributed by atoms with Crippen molar-refractivity contribution in [1.82, 2.24) is 0 Å². The van der Waals surface area contributed by atoms with Gasteiger partial charge in [0, 0.05) is 24.2 Å². The number of anilines is 1. The van der Waals surface area contributed by atoms with Gasteiger partial charge in [-0.1, -0.05) is 26.0 Å². The summed E-state index contributed by atoms with van der Waals surface area (Å²) in [7, 11) is 0.